The summed E-state index contributed by atoms with van der Waals surface area (Å²) in [6, 6.07) is 14.6. The van der Waals surface area contributed by atoms with Crippen LogP contribution in [0.25, 0.3) is 0 Å². The van der Waals surface area contributed by atoms with Crippen LogP contribution in [0, 0.1) is 5.92 Å². The molecule has 0 fully saturated rings. The van der Waals surface area contributed by atoms with E-state index < -0.39 is 28.3 Å². The third-order valence-corrected chi connectivity index (χ3v) is 7.12. The molecule has 0 bridgehead atoms. The largest absolute Gasteiger partial charge is 0.450 e. The van der Waals surface area contributed by atoms with E-state index in [-0.39, 0.29) is 30.5 Å². The van der Waals surface area contributed by atoms with Crippen LogP contribution in [0.1, 0.15) is 39.2 Å². The minimum absolute atomic E-state index is 0.0234. The zero-order valence-electron chi connectivity index (χ0n) is 22.6. The molecule has 9 nitrogen and oxygen atoms in total. The van der Waals surface area contributed by atoms with Crippen molar-refractivity contribution in [2.24, 2.45) is 5.92 Å². The molecule has 0 heterocycles. The first-order valence-electron chi connectivity index (χ1n) is 12.5. The van der Waals surface area contributed by atoms with Gasteiger partial charge in [0.1, 0.15) is 0 Å². The molecule has 2 aromatic rings. The highest BCUT2D eigenvalue weighted by Crippen LogP contribution is 2.20. The lowest BCUT2D eigenvalue weighted by atomic mass is 10.0. The molecule has 2 atom stereocenters. The number of ether oxygens (including phenoxy) is 2. The van der Waals surface area contributed by atoms with Crippen LogP contribution in [0.2, 0.25) is 0 Å². The molecule has 10 heteroatoms. The van der Waals surface area contributed by atoms with Gasteiger partial charge in [0.05, 0.1) is 23.6 Å². The van der Waals surface area contributed by atoms with Crippen molar-refractivity contribution in [1.82, 2.24) is 9.62 Å². The highest BCUT2D eigenvalue weighted by molar-refractivity contribution is 7.89. The van der Waals surface area contributed by atoms with Crippen molar-refractivity contribution in [2.75, 3.05) is 39.6 Å². The van der Waals surface area contributed by atoms with E-state index in [1.807, 2.05) is 51.1 Å². The zero-order valence-corrected chi connectivity index (χ0v) is 23.4. The summed E-state index contributed by atoms with van der Waals surface area (Å²) in [5.41, 5.74) is 7.07. The Morgan fingerprint density at radius 1 is 1.05 bits per heavy atom. The van der Waals surface area contributed by atoms with Gasteiger partial charge in [0.15, 0.2) is 0 Å². The maximum absolute atomic E-state index is 13.4. The van der Waals surface area contributed by atoms with E-state index in [1.54, 1.807) is 14.2 Å². The third kappa shape index (κ3) is 12.0. The number of hydrogen-bond donors (Lipinski definition) is 3. The second-order valence-electron chi connectivity index (χ2n) is 9.19. The number of nitrogens with one attached hydrogen (secondary N) is 1. The summed E-state index contributed by atoms with van der Waals surface area (Å²) in [6.45, 7) is 6.11. The van der Waals surface area contributed by atoms with E-state index in [4.69, 9.17) is 10.5 Å². The molecule has 0 aliphatic heterocycles. The zero-order chi connectivity index (χ0) is 27.8. The summed E-state index contributed by atoms with van der Waals surface area (Å²) in [5, 5.41) is 13.9. The lowest BCUT2D eigenvalue weighted by Gasteiger charge is -2.30. The molecule has 0 saturated heterocycles. The molecule has 0 saturated carbocycles. The lowest BCUT2D eigenvalue weighted by Crippen LogP contribution is -2.51. The first kappa shape index (κ1) is 32.4. The van der Waals surface area contributed by atoms with E-state index in [2.05, 4.69) is 10.1 Å². The van der Waals surface area contributed by atoms with E-state index in [1.165, 1.54) is 28.6 Å². The fourth-order valence-corrected chi connectivity index (χ4v) is 5.08. The smallest absolute Gasteiger partial charge is 0.407 e. The number of methoxy groups -OCH3 is 1. The minimum atomic E-state index is -3.89. The molecule has 0 aromatic heterocycles. The van der Waals surface area contributed by atoms with Crippen LogP contribution in [0.3, 0.4) is 0 Å². The second kappa shape index (κ2) is 17.0. The highest BCUT2D eigenvalue weighted by atomic mass is 32.2. The summed E-state index contributed by atoms with van der Waals surface area (Å²) in [4.78, 5) is 12.4. The van der Waals surface area contributed by atoms with Gasteiger partial charge >= 0.3 is 6.09 Å². The molecule has 1 amide bonds. The van der Waals surface area contributed by atoms with Crippen LogP contribution < -0.4 is 11.1 Å². The maximum Gasteiger partial charge on any atom is 0.407 e. The number of unbranched alkanes of at least 4 members (excludes halogenated alkanes) is 1. The number of nitrogens with zero attached hydrogens (tertiary/aromatic N) is 1. The number of aliphatic hydroxyl groups excluding tert-OH is 1. The molecule has 37 heavy (non-hydrogen) atoms. The number of anilines is 1. The fourth-order valence-electron chi connectivity index (χ4n) is 3.46. The molecule has 0 radical (unpaired) electrons. The Hall–Kier alpha value is -2.66. The van der Waals surface area contributed by atoms with Crippen molar-refractivity contribution >= 4 is 21.8 Å². The Morgan fingerprint density at radius 3 is 2.19 bits per heavy atom. The maximum atomic E-state index is 13.4. The summed E-state index contributed by atoms with van der Waals surface area (Å²) in [6.07, 6.45) is 0.145. The standard InChI is InChI=1S/C25H37N3O5S.C2H6O/c1-4-5-15-33-25(30)27-23(16-20-9-7-6-8-10-20)24(29)18-28(17-19(2)3)34(31,32)22-13-11-21(26)12-14-22;1-3-2/h6-14,19,23-24,29H,4-5,15-18,26H2,1-3H3,(H,27,30);1-2H3. The van der Waals surface area contributed by atoms with Crippen LogP contribution in [0.5, 0.6) is 0 Å². The van der Waals surface area contributed by atoms with Gasteiger partial charge in [-0.2, -0.15) is 4.31 Å². The first-order valence-corrected chi connectivity index (χ1v) is 13.9. The number of hydrogen-bond acceptors (Lipinski definition) is 7. The van der Waals surface area contributed by atoms with Crippen LogP contribution in [0.15, 0.2) is 59.5 Å². The quantitative estimate of drug-likeness (QED) is 0.262. The molecule has 0 spiro atoms. The number of nitrogen functional groups attached to an aromatic ring is 1. The number of aliphatic hydroxyl groups is 1. The number of nitrogens with two attached hydrogens (primary N) is 1. The van der Waals surface area contributed by atoms with Gasteiger partial charge in [-0.15, -0.1) is 0 Å². The van der Waals surface area contributed by atoms with Crippen molar-refractivity contribution < 1.29 is 27.8 Å². The number of rotatable bonds is 13. The lowest BCUT2D eigenvalue weighted by molar-refractivity contribution is 0.0889. The van der Waals surface area contributed by atoms with E-state index >= 15 is 0 Å². The van der Waals surface area contributed by atoms with Crippen molar-refractivity contribution in [3.63, 3.8) is 0 Å². The molecular formula is C27H43N3O6S. The van der Waals surface area contributed by atoms with E-state index in [0.29, 0.717) is 12.1 Å². The average Bonchev–Trinajstić information content (AvgIpc) is 2.84. The summed E-state index contributed by atoms with van der Waals surface area (Å²) in [7, 11) is -0.637. The predicted molar refractivity (Wildman–Crippen MR) is 147 cm³/mol. The van der Waals surface area contributed by atoms with Gasteiger partial charge in [0.2, 0.25) is 10.0 Å². The Morgan fingerprint density at radius 2 is 1.65 bits per heavy atom. The molecule has 0 aliphatic carbocycles. The average molecular weight is 538 g/mol. The molecule has 2 unspecified atom stereocenters. The molecule has 4 N–H and O–H groups in total. The fraction of sp³-hybridized carbons (Fsp3) is 0.519. The second-order valence-corrected chi connectivity index (χ2v) is 11.1. The predicted octanol–water partition coefficient (Wildman–Crippen LogP) is 3.68. The van der Waals surface area contributed by atoms with Gasteiger partial charge in [-0.1, -0.05) is 57.5 Å². The topological polar surface area (TPSA) is 131 Å². The summed E-state index contributed by atoms with van der Waals surface area (Å²) in [5.74, 6) is 0.0234. The minimum Gasteiger partial charge on any atom is -0.450 e. The highest BCUT2D eigenvalue weighted by Gasteiger charge is 2.31. The van der Waals surface area contributed by atoms with Gasteiger partial charge in [-0.25, -0.2) is 13.2 Å². The molecule has 0 aliphatic rings. The number of benzene rings is 2. The monoisotopic (exact) mass is 537 g/mol. The molecular weight excluding hydrogens is 494 g/mol. The van der Waals surface area contributed by atoms with Gasteiger partial charge < -0.3 is 25.6 Å². The molecule has 208 valence electrons. The Balaban J connectivity index is 0.00000217. The van der Waals surface area contributed by atoms with Gasteiger partial charge in [-0.3, -0.25) is 0 Å². The van der Waals surface area contributed by atoms with Gasteiger partial charge in [-0.05, 0) is 48.6 Å². The van der Waals surface area contributed by atoms with Crippen LogP contribution in [-0.2, 0) is 25.9 Å². The Bertz CT molecular complexity index is 1000. The van der Waals surface area contributed by atoms with Crippen LogP contribution in [0.4, 0.5) is 10.5 Å². The number of amides is 1. The summed E-state index contributed by atoms with van der Waals surface area (Å²) >= 11 is 0. The van der Waals surface area contributed by atoms with Gasteiger partial charge in [0, 0.05) is 33.0 Å². The van der Waals surface area contributed by atoms with Crippen molar-refractivity contribution in [2.45, 2.75) is 57.1 Å². The Labute approximate surface area is 222 Å². The molecule has 2 rings (SSSR count). The normalized spacial score (nSPS) is 13.0. The van der Waals surface area contributed by atoms with Crippen molar-refractivity contribution in [1.29, 1.82) is 0 Å². The number of carbonyl (C=O) groups is 1. The third-order valence-electron chi connectivity index (χ3n) is 5.27. The van der Waals surface area contributed by atoms with E-state index in [0.717, 1.165) is 18.4 Å². The summed E-state index contributed by atoms with van der Waals surface area (Å²) < 4.78 is 37.4. The van der Waals surface area contributed by atoms with Crippen molar-refractivity contribution in [3.8, 4) is 0 Å². The first-order chi connectivity index (χ1) is 17.5. The van der Waals surface area contributed by atoms with Crippen LogP contribution in [-0.4, -0.2) is 70.0 Å². The van der Waals surface area contributed by atoms with E-state index in [9.17, 15) is 18.3 Å². The Kier molecular flexibility index (Phi) is 14.8. The van der Waals surface area contributed by atoms with Gasteiger partial charge in [0.25, 0.3) is 0 Å². The number of alkyl carbamates (subject to hydrolysis) is 1. The number of sulfonamides is 1. The van der Waals surface area contributed by atoms with Crippen molar-refractivity contribution in [3.05, 3.63) is 60.2 Å². The SMILES string of the molecule is CCCCOC(=O)NC(Cc1ccccc1)C(O)CN(CC(C)C)S(=O)(=O)c1ccc(N)cc1.COC. The molecule has 2 aromatic carbocycles. The number of carbonyl (C=O) groups excluding carboxylic acids is 1. The van der Waals surface area contributed by atoms with Crippen LogP contribution >= 0.6 is 0 Å².